The van der Waals surface area contributed by atoms with Crippen LogP contribution in [0.25, 0.3) is 10.9 Å². The lowest BCUT2D eigenvalue weighted by Gasteiger charge is -2.39. The van der Waals surface area contributed by atoms with E-state index < -0.39 is 78.6 Å². The van der Waals surface area contributed by atoms with Crippen LogP contribution in [0.4, 0.5) is 17.6 Å². The summed E-state index contributed by atoms with van der Waals surface area (Å²) in [6.07, 6.45) is 1.65. The number of halogens is 4. The Morgan fingerprint density at radius 3 is 1.91 bits per heavy atom. The summed E-state index contributed by atoms with van der Waals surface area (Å²) in [5.74, 6) is -3.86. The van der Waals surface area contributed by atoms with Gasteiger partial charge >= 0.3 is 13.3 Å². The Kier molecular flexibility index (Phi) is 28.6. The number of carbonyl (C=O) groups is 6. The summed E-state index contributed by atoms with van der Waals surface area (Å²) < 4.78 is 108. The lowest BCUT2D eigenvalue weighted by atomic mass is 9.98. The maximum atomic E-state index is 15.0. The zero-order valence-corrected chi connectivity index (χ0v) is 57.1. The van der Waals surface area contributed by atoms with Gasteiger partial charge in [-0.1, -0.05) is 91.0 Å². The van der Waals surface area contributed by atoms with Crippen LogP contribution in [-0.2, 0) is 66.4 Å². The van der Waals surface area contributed by atoms with Crippen LogP contribution in [0.5, 0.6) is 17.2 Å². The fraction of sp³-hybridized carbons (Fsp3) is 0.370. The number of amides is 6. The molecular formula is C73H83F4N8O17P. The second-order valence-electron chi connectivity index (χ2n) is 24.4. The SMILES string of the molecule is NC(=O)CCC(NC(=O)[C@@H]1CCC2CCN(C(=O)CCCOCCOCCOCCOCCNC/C(O)=C/Oc3ccc(OCc4ccc(F)cc4)c(OCc4ccc(F)cc4)c3)C[C@H](NC(=O)c3cc4cc(C(F)(F)P(=O)(O)O)ccc4[nH]3)C(=O)N21)C(=O)NC(c1ccccc1)c1ccccc1. The molecule has 0 bridgehead atoms. The summed E-state index contributed by atoms with van der Waals surface area (Å²) in [5.41, 5.74) is 2.84. The molecule has 6 amide bonds. The van der Waals surface area contributed by atoms with E-state index in [1.54, 1.807) is 42.5 Å². The van der Waals surface area contributed by atoms with Gasteiger partial charge in [0.05, 0.1) is 58.8 Å². The van der Waals surface area contributed by atoms with Crippen LogP contribution >= 0.6 is 7.60 Å². The minimum absolute atomic E-state index is 0.0105. The number of carbonyl (C=O) groups excluding carboxylic acids is 6. The highest BCUT2D eigenvalue weighted by Crippen LogP contribution is 2.59. The first-order chi connectivity index (χ1) is 49.6. The van der Waals surface area contributed by atoms with Crippen molar-refractivity contribution in [2.24, 2.45) is 5.73 Å². The van der Waals surface area contributed by atoms with Crippen LogP contribution in [0.1, 0.15) is 89.3 Å². The Hall–Kier alpha value is -9.71. The highest BCUT2D eigenvalue weighted by Gasteiger charge is 2.51. The van der Waals surface area contributed by atoms with Gasteiger partial charge in [0, 0.05) is 67.7 Å². The number of benzene rings is 6. The molecular weight excluding hydrogens is 1370 g/mol. The van der Waals surface area contributed by atoms with E-state index in [1.165, 1.54) is 40.3 Å². The van der Waals surface area contributed by atoms with Crippen molar-refractivity contribution in [3.63, 3.8) is 0 Å². The van der Waals surface area contributed by atoms with Gasteiger partial charge in [0.25, 0.3) is 5.91 Å². The molecule has 0 radical (unpaired) electrons. The Balaban J connectivity index is 0.702. The van der Waals surface area contributed by atoms with Crippen molar-refractivity contribution in [3.05, 3.63) is 209 Å². The van der Waals surface area contributed by atoms with Crippen LogP contribution in [-0.4, -0.2) is 168 Å². The predicted octanol–water partition coefficient (Wildman–Crippen LogP) is 8.09. The van der Waals surface area contributed by atoms with Gasteiger partial charge in [-0.15, -0.1) is 0 Å². The first-order valence-corrected chi connectivity index (χ1v) is 35.1. The van der Waals surface area contributed by atoms with Gasteiger partial charge in [-0.2, -0.15) is 8.78 Å². The minimum Gasteiger partial charge on any atom is -0.508 e. The van der Waals surface area contributed by atoms with Crippen LogP contribution in [0.3, 0.4) is 0 Å². The Morgan fingerprint density at radius 2 is 1.30 bits per heavy atom. The molecule has 2 aliphatic heterocycles. The van der Waals surface area contributed by atoms with E-state index >= 15 is 4.79 Å². The van der Waals surface area contributed by atoms with Gasteiger partial charge in [0.15, 0.2) is 11.5 Å². The number of aliphatic hydroxyl groups excluding tert-OH is 1. The van der Waals surface area contributed by atoms with E-state index in [2.05, 4.69) is 26.3 Å². The van der Waals surface area contributed by atoms with Crippen LogP contribution in [0.15, 0.2) is 164 Å². The van der Waals surface area contributed by atoms with Crippen molar-refractivity contribution in [1.29, 1.82) is 0 Å². The Labute approximate surface area is 591 Å². The van der Waals surface area contributed by atoms with E-state index in [9.17, 15) is 61.0 Å². The number of H-pyrrole nitrogens is 1. The summed E-state index contributed by atoms with van der Waals surface area (Å²) in [5, 5.41) is 22.0. The molecule has 9 rings (SSSR count). The molecule has 7 aromatic rings. The summed E-state index contributed by atoms with van der Waals surface area (Å²) in [6, 6.07) is 33.5. The molecule has 3 heterocycles. The van der Waals surface area contributed by atoms with Crippen molar-refractivity contribution in [2.75, 3.05) is 79.0 Å². The topological polar surface area (TPSA) is 341 Å². The number of alkyl halides is 2. The number of primary amides is 1. The smallest absolute Gasteiger partial charge is 0.399 e. The second kappa shape index (κ2) is 38.0. The van der Waals surface area contributed by atoms with Gasteiger partial charge in [-0.05, 0) is 109 Å². The number of aromatic amines is 1. The molecule has 2 unspecified atom stereocenters. The number of nitrogens with one attached hydrogen (secondary N) is 5. The van der Waals surface area contributed by atoms with E-state index in [-0.39, 0.29) is 144 Å². The Bertz CT molecular complexity index is 4000. The third kappa shape index (κ3) is 22.9. The van der Waals surface area contributed by atoms with Crippen molar-refractivity contribution in [3.8, 4) is 17.2 Å². The molecule has 25 nitrogen and oxygen atoms in total. The quantitative estimate of drug-likeness (QED) is 0.00760. The van der Waals surface area contributed by atoms with E-state index in [0.29, 0.717) is 55.6 Å². The molecule has 1 aromatic heterocycles. The van der Waals surface area contributed by atoms with Gasteiger partial charge in [-0.3, -0.25) is 33.3 Å². The third-order valence-corrected chi connectivity index (χ3v) is 18.0. The summed E-state index contributed by atoms with van der Waals surface area (Å²) in [4.78, 5) is 108. The summed E-state index contributed by atoms with van der Waals surface area (Å²) in [7, 11) is -5.95. The fourth-order valence-corrected chi connectivity index (χ4v) is 12.1. The molecule has 0 spiro atoms. The number of aliphatic hydroxyl groups is 1. The molecule has 0 saturated carbocycles. The van der Waals surface area contributed by atoms with Gasteiger partial charge < -0.3 is 89.8 Å². The molecule has 103 heavy (non-hydrogen) atoms. The predicted molar refractivity (Wildman–Crippen MR) is 368 cm³/mol. The molecule has 10 N–H and O–H groups in total. The first kappa shape index (κ1) is 77.4. The highest BCUT2D eigenvalue weighted by molar-refractivity contribution is 7.52. The van der Waals surface area contributed by atoms with Crippen molar-refractivity contribution in [1.82, 2.24) is 36.1 Å². The summed E-state index contributed by atoms with van der Waals surface area (Å²) in [6.45, 7) is 2.56. The zero-order chi connectivity index (χ0) is 73.3. The van der Waals surface area contributed by atoms with Crippen LogP contribution in [0, 0.1) is 11.6 Å². The Morgan fingerprint density at radius 1 is 0.699 bits per heavy atom. The van der Waals surface area contributed by atoms with E-state index in [0.717, 1.165) is 41.0 Å². The normalized spacial score (nSPS) is 16.0. The summed E-state index contributed by atoms with van der Waals surface area (Å²) >= 11 is 0. The lowest BCUT2D eigenvalue weighted by Crippen LogP contribution is -2.62. The number of aromatic nitrogens is 1. The second-order valence-corrected chi connectivity index (χ2v) is 26.1. The fourth-order valence-electron chi connectivity index (χ4n) is 11.6. The van der Waals surface area contributed by atoms with Crippen molar-refractivity contribution < 1.29 is 98.9 Å². The number of fused-ring (bicyclic) bond motifs is 2. The van der Waals surface area contributed by atoms with Crippen LogP contribution in [0.2, 0.25) is 0 Å². The molecule has 0 aliphatic carbocycles. The number of nitrogens with two attached hydrogens (primary N) is 1. The number of hydrogen-bond acceptors (Lipinski definition) is 16. The van der Waals surface area contributed by atoms with Crippen molar-refractivity contribution in [2.45, 2.75) is 94.0 Å². The average molecular weight is 1450 g/mol. The molecule has 2 saturated heterocycles. The number of ether oxygens (including phenoxy) is 7. The molecule has 550 valence electrons. The van der Waals surface area contributed by atoms with Gasteiger partial charge in [-0.25, -0.2) is 8.78 Å². The maximum Gasteiger partial charge on any atom is 0.399 e. The lowest BCUT2D eigenvalue weighted by molar-refractivity contribution is -0.145. The van der Waals surface area contributed by atoms with Gasteiger partial charge in [0.1, 0.15) is 66.4 Å². The molecule has 6 aromatic carbocycles. The highest BCUT2D eigenvalue weighted by atomic mass is 31.2. The minimum atomic E-state index is -5.95. The van der Waals surface area contributed by atoms with Gasteiger partial charge in [0.2, 0.25) is 29.5 Å². The number of hydrogen-bond donors (Lipinski definition) is 9. The average Bonchev–Trinajstić information content (AvgIpc) is 1.68. The maximum absolute atomic E-state index is 15.0. The van der Waals surface area contributed by atoms with Crippen molar-refractivity contribution >= 4 is 53.9 Å². The zero-order valence-electron chi connectivity index (χ0n) is 56.2. The number of nitrogens with zero attached hydrogens (tertiary/aromatic N) is 2. The largest absolute Gasteiger partial charge is 0.508 e. The molecule has 30 heteroatoms. The molecule has 2 aliphatic rings. The third-order valence-electron chi connectivity index (χ3n) is 17.0. The first-order valence-electron chi connectivity index (χ1n) is 33.5. The monoisotopic (exact) mass is 1450 g/mol. The van der Waals surface area contributed by atoms with Crippen LogP contribution < -0.4 is 41.2 Å². The number of rotatable bonds is 39. The molecule has 2 fully saturated rings. The van der Waals surface area contributed by atoms with E-state index in [1.807, 2.05) is 60.7 Å². The standard InChI is InChI=1S/C73H83F4N8O17P/c74-54-18-13-48(14-19-54)45-101-64-27-23-58(42-65(64)102-46-49-15-20-55(75)21-16-49)100-47-57(86)43-79-30-33-97-35-37-99-39-38-98-36-34-96-32-7-12-67(88)84-31-29-56-22-26-63(71(91)81-60(25-28-66(78)87)69(89)83-68(50-8-3-1-4-9-50)51-10-5-2-6-11-51)85(56)72(92)62(44-84)82-70(90)61-41-52-40-53(17-24-59(52)80-61)73(76,77)103(93,94)95/h1-6,8-11,13-21,23-24,27,40-42,47,56,60,62-63,68,79-80,86H,7,12,22,25-26,28-39,43-46H2,(H2,78,87)(H,81,91)(H,82,90)(H,83,89)(H2,93,94,95)/b57-47-/t56?,60?,62-,63-/m0/s1. The molecule has 4 atom stereocenters. The van der Waals surface area contributed by atoms with E-state index in [4.69, 9.17) is 38.9 Å².